The van der Waals surface area contributed by atoms with Gasteiger partial charge in [0.15, 0.2) is 34.8 Å². The minimum Gasteiger partial charge on any atom is -0.411 e. The van der Waals surface area contributed by atoms with Crippen LogP contribution >= 0.6 is 0 Å². The van der Waals surface area contributed by atoms with Crippen molar-refractivity contribution in [2.24, 2.45) is 11.3 Å². The average molecular weight is 510 g/mol. The number of carbonyl (C=O) groups is 2. The van der Waals surface area contributed by atoms with E-state index in [1.807, 2.05) is 83.8 Å². The van der Waals surface area contributed by atoms with Gasteiger partial charge in [-0.15, -0.1) is 0 Å². The van der Waals surface area contributed by atoms with Gasteiger partial charge in [-0.05, 0) is 43.7 Å². The summed E-state index contributed by atoms with van der Waals surface area (Å²) in [4.78, 5) is 32.7. The molecular weight excluding hydrogens is 470 g/mol. The van der Waals surface area contributed by atoms with Crippen molar-refractivity contribution in [1.29, 1.82) is 0 Å². The molecule has 1 amide bonds. The highest BCUT2D eigenvalue weighted by Gasteiger charge is 2.77. The predicted molar refractivity (Wildman–Crippen MR) is 133 cm³/mol. The Morgan fingerprint density at radius 3 is 2.18 bits per heavy atom. The number of aliphatic hydroxyl groups excluding tert-OH is 2. The van der Waals surface area contributed by atoms with E-state index in [2.05, 4.69) is 0 Å². The van der Waals surface area contributed by atoms with Crippen LogP contribution in [0.4, 0.5) is 0 Å². The highest BCUT2D eigenvalue weighted by Crippen LogP contribution is 2.53. The third-order valence-electron chi connectivity index (χ3n) is 6.35. The van der Waals surface area contributed by atoms with E-state index in [0.717, 1.165) is 10.6 Å². The first-order chi connectivity index (χ1) is 15.6. The smallest absolute Gasteiger partial charge is 0.277 e. The Bertz CT molecular complexity index is 899. The molecule has 1 spiro atoms. The molecule has 3 rings (SSSR count). The molecule has 1 heterocycles. The van der Waals surface area contributed by atoms with Crippen LogP contribution in [0.5, 0.6) is 0 Å². The van der Waals surface area contributed by atoms with E-state index >= 15 is 0 Å². The van der Waals surface area contributed by atoms with Crippen molar-refractivity contribution in [2.75, 3.05) is 0 Å². The Labute approximate surface area is 205 Å². The molecule has 1 saturated heterocycles. The van der Waals surface area contributed by atoms with Crippen LogP contribution in [0.15, 0.2) is 30.3 Å². The summed E-state index contributed by atoms with van der Waals surface area (Å²) in [6.45, 7) is 15.6. The molecule has 190 valence electrons. The van der Waals surface area contributed by atoms with Crippen LogP contribution in [0.2, 0.25) is 32.7 Å². The maximum Gasteiger partial charge on any atom is 0.277 e. The zero-order valence-electron chi connectivity index (χ0n) is 21.4. The lowest BCUT2D eigenvalue weighted by atomic mass is 9.57. The number of carbonyl (C=O) groups excluding carboxylic acids is 2. The first-order valence-electron chi connectivity index (χ1n) is 11.9. The van der Waals surface area contributed by atoms with E-state index in [1.165, 1.54) is 0 Å². The molecule has 0 radical (unpaired) electrons. The molecule has 2 N–H and O–H groups in total. The lowest BCUT2D eigenvalue weighted by molar-refractivity contribution is -0.343. The molecule has 8 nitrogen and oxygen atoms in total. The lowest BCUT2D eigenvalue weighted by Crippen LogP contribution is -2.89. The molecule has 1 aliphatic heterocycles. The largest absolute Gasteiger partial charge is 0.411 e. The molecule has 0 bridgehead atoms. The Hall–Kier alpha value is -1.41. The third kappa shape index (κ3) is 4.82. The van der Waals surface area contributed by atoms with Gasteiger partial charge in [-0.1, -0.05) is 51.1 Å². The molecule has 1 aromatic rings. The summed E-state index contributed by atoms with van der Waals surface area (Å²) in [5.74, 6) is -1.71. The Morgan fingerprint density at radius 1 is 1.09 bits per heavy atom. The second-order valence-corrected chi connectivity index (χ2v) is 18.5. The quantitative estimate of drug-likeness (QED) is 0.429. The van der Waals surface area contributed by atoms with Crippen molar-refractivity contribution in [3.63, 3.8) is 0 Å². The van der Waals surface area contributed by atoms with E-state index in [0.29, 0.717) is 0 Å². The zero-order chi connectivity index (χ0) is 25.6. The summed E-state index contributed by atoms with van der Waals surface area (Å²) in [7, 11) is -4.08. The number of Topliss-reactive ketones (excluding diaryl/α,β-unsaturated/α-hetero) is 1. The standard InChI is InChI=1S/C24H39NO7Si2/c1-23(2,3)16-17(26)18(27)19(28)24(20(16)32-34(6,7)8)21(31-33(4)5)22(29)25(24)30-14-15-12-10-9-11-13-15/h9-13,16,18-21,27-28,33H,14H2,1-8H3. The second kappa shape index (κ2) is 9.57. The number of benzene rings is 1. The highest BCUT2D eigenvalue weighted by molar-refractivity contribution is 6.69. The second-order valence-electron chi connectivity index (χ2n) is 11.6. The molecule has 10 heteroatoms. The number of ketones is 1. The van der Waals surface area contributed by atoms with Crippen LogP contribution in [0.3, 0.4) is 0 Å². The maximum absolute atomic E-state index is 13.4. The molecule has 2 aliphatic rings. The zero-order valence-corrected chi connectivity index (χ0v) is 23.6. The normalized spacial score (nSPS) is 32.4. The van der Waals surface area contributed by atoms with Gasteiger partial charge in [0.05, 0.1) is 12.0 Å². The fraction of sp³-hybridized carbons (Fsp3) is 0.667. The van der Waals surface area contributed by atoms with Gasteiger partial charge in [-0.3, -0.25) is 14.4 Å². The van der Waals surface area contributed by atoms with Crippen LogP contribution in [0, 0.1) is 11.3 Å². The van der Waals surface area contributed by atoms with Crippen molar-refractivity contribution < 1.29 is 33.5 Å². The number of β-lactam (4-membered cyclic amide) rings is 1. The maximum atomic E-state index is 13.4. The number of hydrogen-bond donors (Lipinski definition) is 2. The van der Waals surface area contributed by atoms with Crippen LogP contribution in [0.25, 0.3) is 0 Å². The van der Waals surface area contributed by atoms with E-state index in [4.69, 9.17) is 13.7 Å². The number of hydroxylamine groups is 2. The van der Waals surface area contributed by atoms with E-state index in [-0.39, 0.29) is 6.61 Å². The molecule has 1 aromatic carbocycles. The van der Waals surface area contributed by atoms with Crippen molar-refractivity contribution in [1.82, 2.24) is 5.06 Å². The van der Waals surface area contributed by atoms with Gasteiger partial charge >= 0.3 is 0 Å². The summed E-state index contributed by atoms with van der Waals surface area (Å²) >= 11 is 0. The van der Waals surface area contributed by atoms with Gasteiger partial charge in [0.25, 0.3) is 5.91 Å². The van der Waals surface area contributed by atoms with E-state index in [1.54, 1.807) is 0 Å². The summed E-state index contributed by atoms with van der Waals surface area (Å²) in [5.41, 5.74) is -1.32. The van der Waals surface area contributed by atoms with Gasteiger partial charge in [0.1, 0.15) is 18.8 Å². The van der Waals surface area contributed by atoms with E-state index < -0.39 is 70.3 Å². The van der Waals surface area contributed by atoms with Crippen molar-refractivity contribution in [3.8, 4) is 0 Å². The fourth-order valence-electron chi connectivity index (χ4n) is 5.00. The molecule has 6 unspecified atom stereocenters. The summed E-state index contributed by atoms with van der Waals surface area (Å²) in [5, 5.41) is 23.6. The first kappa shape index (κ1) is 27.2. The van der Waals surface area contributed by atoms with Gasteiger partial charge in [0.2, 0.25) is 0 Å². The van der Waals surface area contributed by atoms with Gasteiger partial charge in [-0.2, -0.15) is 0 Å². The average Bonchev–Trinajstić information content (AvgIpc) is 2.71. The minimum atomic E-state index is -2.31. The number of aliphatic hydroxyl groups is 2. The molecule has 1 saturated carbocycles. The summed E-state index contributed by atoms with van der Waals surface area (Å²) < 4.78 is 12.8. The molecule has 1 aliphatic carbocycles. The topological polar surface area (TPSA) is 106 Å². The summed E-state index contributed by atoms with van der Waals surface area (Å²) in [6.07, 6.45) is -5.29. The minimum absolute atomic E-state index is 0.0801. The molecule has 2 fully saturated rings. The monoisotopic (exact) mass is 509 g/mol. The number of rotatable bonds is 7. The predicted octanol–water partition coefficient (Wildman–Crippen LogP) is 2.25. The number of hydrogen-bond acceptors (Lipinski definition) is 7. The Morgan fingerprint density at radius 2 is 1.68 bits per heavy atom. The Kier molecular flexibility index (Phi) is 7.65. The number of nitrogens with zero attached hydrogens (tertiary/aromatic N) is 1. The molecular formula is C24H39NO7Si2. The van der Waals surface area contributed by atoms with Crippen molar-refractivity contribution >= 4 is 29.0 Å². The first-order valence-corrected chi connectivity index (χ1v) is 18.0. The van der Waals surface area contributed by atoms with Gasteiger partial charge < -0.3 is 19.1 Å². The van der Waals surface area contributed by atoms with Gasteiger partial charge in [-0.25, -0.2) is 5.06 Å². The fourth-order valence-corrected chi connectivity index (χ4v) is 6.97. The Balaban J connectivity index is 2.15. The SMILES string of the molecule is C[SiH](C)OC1C(=O)N(OCc2ccccc2)C12C(O)C(O)C(=O)C(C(C)(C)C)C2O[Si](C)(C)C. The molecule has 6 atom stereocenters. The van der Waals surface area contributed by atoms with Crippen LogP contribution in [-0.2, 0) is 29.9 Å². The number of amides is 1. The lowest BCUT2D eigenvalue weighted by Gasteiger charge is -2.65. The van der Waals surface area contributed by atoms with Crippen LogP contribution < -0.4 is 0 Å². The molecule has 34 heavy (non-hydrogen) atoms. The van der Waals surface area contributed by atoms with Crippen molar-refractivity contribution in [2.45, 2.75) is 90.1 Å². The van der Waals surface area contributed by atoms with Crippen molar-refractivity contribution in [3.05, 3.63) is 35.9 Å². The van der Waals surface area contributed by atoms with Crippen LogP contribution in [-0.4, -0.2) is 74.3 Å². The van der Waals surface area contributed by atoms with Crippen LogP contribution in [0.1, 0.15) is 26.3 Å². The highest BCUT2D eigenvalue weighted by atomic mass is 28.4. The third-order valence-corrected chi connectivity index (χ3v) is 8.13. The van der Waals surface area contributed by atoms with E-state index in [9.17, 15) is 19.8 Å². The molecule has 0 aromatic heterocycles. The summed E-state index contributed by atoms with van der Waals surface area (Å²) in [6, 6.07) is 9.36. The van der Waals surface area contributed by atoms with Gasteiger partial charge in [0, 0.05) is 0 Å².